The van der Waals surface area contributed by atoms with Gasteiger partial charge in [0.1, 0.15) is 5.82 Å². The molecule has 0 saturated heterocycles. The van der Waals surface area contributed by atoms with Gasteiger partial charge in [0.15, 0.2) is 0 Å². The number of nitrogens with two attached hydrogens (primary N) is 1. The van der Waals surface area contributed by atoms with Crippen molar-refractivity contribution < 1.29 is 0 Å². The van der Waals surface area contributed by atoms with Crippen LogP contribution in [0.5, 0.6) is 0 Å². The molecule has 0 aliphatic heterocycles. The summed E-state index contributed by atoms with van der Waals surface area (Å²) < 4.78 is 2.26. The number of aromatic nitrogens is 2. The first kappa shape index (κ1) is 13.4. The second kappa shape index (κ2) is 5.29. The average molecular weight is 266 g/mol. The van der Waals surface area contributed by atoms with Gasteiger partial charge in [-0.25, -0.2) is 4.98 Å². The van der Waals surface area contributed by atoms with Gasteiger partial charge in [0.25, 0.3) is 0 Å². The quantitative estimate of drug-likeness (QED) is 0.921. The Morgan fingerprint density at radius 2 is 2.06 bits per heavy atom. The molecule has 1 unspecified atom stereocenters. The molecule has 0 amide bonds. The van der Waals surface area contributed by atoms with Crippen molar-refractivity contribution in [2.24, 2.45) is 11.7 Å². The molecule has 18 heavy (non-hydrogen) atoms. The topological polar surface area (TPSA) is 43.8 Å². The number of hydrogen-bond acceptors (Lipinski definition) is 2. The van der Waals surface area contributed by atoms with E-state index in [1.54, 1.807) is 0 Å². The summed E-state index contributed by atoms with van der Waals surface area (Å²) >= 11 is 6.08. The number of fused-ring (bicyclic) bond motifs is 1. The van der Waals surface area contributed by atoms with Gasteiger partial charge < -0.3 is 10.3 Å². The van der Waals surface area contributed by atoms with Gasteiger partial charge in [-0.05, 0) is 44.5 Å². The highest BCUT2D eigenvalue weighted by Crippen LogP contribution is 2.25. The normalized spacial score (nSPS) is 13.4. The maximum absolute atomic E-state index is 6.08. The first-order valence-electron chi connectivity index (χ1n) is 6.39. The second-order valence-electron chi connectivity index (χ2n) is 5.17. The summed E-state index contributed by atoms with van der Waals surface area (Å²) in [6.07, 6.45) is 0.904. The van der Waals surface area contributed by atoms with Crippen molar-refractivity contribution in [1.82, 2.24) is 9.55 Å². The third-order valence-corrected chi connectivity index (χ3v) is 3.41. The van der Waals surface area contributed by atoms with Crippen molar-refractivity contribution >= 4 is 22.6 Å². The Balaban J connectivity index is 2.55. The van der Waals surface area contributed by atoms with Gasteiger partial charge in [-0.3, -0.25) is 0 Å². The summed E-state index contributed by atoms with van der Waals surface area (Å²) in [5.74, 6) is 1.54. The highest BCUT2D eigenvalue weighted by molar-refractivity contribution is 6.31. The molecule has 2 rings (SSSR count). The second-order valence-corrected chi connectivity index (χ2v) is 5.61. The Kier molecular flexibility index (Phi) is 3.93. The molecule has 1 aromatic heterocycles. The molecule has 0 aliphatic carbocycles. The first-order chi connectivity index (χ1) is 8.52. The van der Waals surface area contributed by atoms with Crippen LogP contribution in [-0.2, 0) is 6.42 Å². The van der Waals surface area contributed by atoms with Gasteiger partial charge in [0, 0.05) is 17.5 Å². The minimum Gasteiger partial charge on any atom is -0.330 e. The fourth-order valence-corrected chi connectivity index (χ4v) is 2.40. The zero-order chi connectivity index (χ0) is 13.3. The molecule has 0 radical (unpaired) electrons. The summed E-state index contributed by atoms with van der Waals surface area (Å²) in [5, 5.41) is 0.753. The standard InChI is InChI=1S/C14H20ClN3/c1-9(2)18-13-7-11(15)4-5-12(13)17-14(18)6-10(3)8-16/h4-5,7,9-10H,6,8,16H2,1-3H3. The lowest BCUT2D eigenvalue weighted by atomic mass is 10.1. The van der Waals surface area contributed by atoms with Crippen LogP contribution < -0.4 is 5.73 Å². The van der Waals surface area contributed by atoms with E-state index in [9.17, 15) is 0 Å². The lowest BCUT2D eigenvalue weighted by Crippen LogP contribution is -2.16. The van der Waals surface area contributed by atoms with E-state index < -0.39 is 0 Å². The molecule has 0 spiro atoms. The number of rotatable bonds is 4. The zero-order valence-electron chi connectivity index (χ0n) is 11.2. The number of imidazole rings is 1. The number of nitrogens with zero attached hydrogens (tertiary/aromatic N) is 2. The van der Waals surface area contributed by atoms with Crippen LogP contribution in [0.1, 0.15) is 32.6 Å². The minimum atomic E-state index is 0.369. The minimum absolute atomic E-state index is 0.369. The molecule has 2 N–H and O–H groups in total. The molecule has 1 atom stereocenters. The fraction of sp³-hybridized carbons (Fsp3) is 0.500. The molecule has 1 heterocycles. The van der Waals surface area contributed by atoms with Crippen LogP contribution in [0.25, 0.3) is 11.0 Å². The molecule has 0 fully saturated rings. The lowest BCUT2D eigenvalue weighted by molar-refractivity contribution is 0.521. The van der Waals surface area contributed by atoms with E-state index in [1.165, 1.54) is 0 Å². The molecule has 0 aliphatic rings. The summed E-state index contributed by atoms with van der Waals surface area (Å²) in [6.45, 7) is 7.16. The first-order valence-corrected chi connectivity index (χ1v) is 6.77. The van der Waals surface area contributed by atoms with Gasteiger partial charge in [-0.1, -0.05) is 18.5 Å². The van der Waals surface area contributed by atoms with E-state index in [2.05, 4.69) is 25.3 Å². The number of halogens is 1. The molecule has 2 aromatic rings. The Hall–Kier alpha value is -1.06. The van der Waals surface area contributed by atoms with Crippen molar-refractivity contribution in [2.45, 2.75) is 33.2 Å². The van der Waals surface area contributed by atoms with E-state index in [4.69, 9.17) is 22.3 Å². The number of hydrogen-bond donors (Lipinski definition) is 1. The molecule has 1 aromatic carbocycles. The van der Waals surface area contributed by atoms with Gasteiger partial charge in [-0.2, -0.15) is 0 Å². The van der Waals surface area contributed by atoms with Crippen LogP contribution in [0.3, 0.4) is 0 Å². The van der Waals surface area contributed by atoms with E-state index in [0.717, 1.165) is 28.3 Å². The Bertz CT molecular complexity index is 545. The Labute approximate surface area is 113 Å². The molecule has 0 bridgehead atoms. The van der Waals surface area contributed by atoms with E-state index >= 15 is 0 Å². The maximum Gasteiger partial charge on any atom is 0.110 e. The zero-order valence-corrected chi connectivity index (χ0v) is 11.9. The molecule has 4 heteroatoms. The predicted molar refractivity (Wildman–Crippen MR) is 77.1 cm³/mol. The SMILES string of the molecule is CC(CN)Cc1nc2ccc(Cl)cc2n1C(C)C. The molecular weight excluding hydrogens is 246 g/mol. The molecule has 98 valence electrons. The van der Waals surface area contributed by atoms with Crippen molar-refractivity contribution in [3.05, 3.63) is 29.0 Å². The highest BCUT2D eigenvalue weighted by atomic mass is 35.5. The maximum atomic E-state index is 6.08. The monoisotopic (exact) mass is 265 g/mol. The smallest absolute Gasteiger partial charge is 0.110 e. The lowest BCUT2D eigenvalue weighted by Gasteiger charge is -2.15. The van der Waals surface area contributed by atoms with Crippen LogP contribution in [0.2, 0.25) is 5.02 Å². The fourth-order valence-electron chi connectivity index (χ4n) is 2.23. The van der Waals surface area contributed by atoms with Crippen LogP contribution >= 0.6 is 11.6 Å². The molecule has 0 saturated carbocycles. The molecular formula is C14H20ClN3. The van der Waals surface area contributed by atoms with E-state index in [-0.39, 0.29) is 0 Å². The molecule has 3 nitrogen and oxygen atoms in total. The van der Waals surface area contributed by atoms with Crippen LogP contribution in [0.4, 0.5) is 0 Å². The third kappa shape index (κ3) is 2.52. The summed E-state index contributed by atoms with van der Waals surface area (Å²) in [6, 6.07) is 6.22. The van der Waals surface area contributed by atoms with Crippen molar-refractivity contribution in [3.8, 4) is 0 Å². The van der Waals surface area contributed by atoms with Crippen molar-refractivity contribution in [2.75, 3.05) is 6.54 Å². The van der Waals surface area contributed by atoms with Gasteiger partial charge in [0.2, 0.25) is 0 Å². The summed E-state index contributed by atoms with van der Waals surface area (Å²) in [4.78, 5) is 4.71. The third-order valence-electron chi connectivity index (χ3n) is 3.17. The predicted octanol–water partition coefficient (Wildman–Crippen LogP) is 3.41. The Morgan fingerprint density at radius 1 is 1.33 bits per heavy atom. The highest BCUT2D eigenvalue weighted by Gasteiger charge is 2.15. The average Bonchev–Trinajstić information content (AvgIpc) is 2.65. The largest absolute Gasteiger partial charge is 0.330 e. The van der Waals surface area contributed by atoms with Crippen molar-refractivity contribution in [3.63, 3.8) is 0 Å². The van der Waals surface area contributed by atoms with Gasteiger partial charge >= 0.3 is 0 Å². The number of benzene rings is 1. The van der Waals surface area contributed by atoms with E-state index in [1.807, 2.05) is 18.2 Å². The van der Waals surface area contributed by atoms with Crippen LogP contribution in [0, 0.1) is 5.92 Å². The van der Waals surface area contributed by atoms with Gasteiger partial charge in [-0.15, -0.1) is 0 Å². The van der Waals surface area contributed by atoms with E-state index in [0.29, 0.717) is 18.5 Å². The summed E-state index contributed by atoms with van der Waals surface area (Å²) in [5.41, 5.74) is 7.82. The van der Waals surface area contributed by atoms with Gasteiger partial charge in [0.05, 0.1) is 11.0 Å². The van der Waals surface area contributed by atoms with Crippen molar-refractivity contribution in [1.29, 1.82) is 0 Å². The van der Waals surface area contributed by atoms with Crippen LogP contribution in [0.15, 0.2) is 18.2 Å². The van der Waals surface area contributed by atoms with Crippen LogP contribution in [-0.4, -0.2) is 16.1 Å². The Morgan fingerprint density at radius 3 is 2.67 bits per heavy atom. The summed E-state index contributed by atoms with van der Waals surface area (Å²) in [7, 11) is 0.